The number of rotatable bonds is 10. The van der Waals surface area contributed by atoms with Crippen LogP contribution in [0.1, 0.15) is 49.8 Å². The molecule has 2 saturated heterocycles. The molecule has 0 aliphatic carbocycles. The predicted molar refractivity (Wildman–Crippen MR) is 147 cm³/mol. The maximum Gasteiger partial charge on any atom is 0.325 e. The molecule has 206 valence electrons. The molecule has 8 nitrogen and oxygen atoms in total. The minimum absolute atomic E-state index is 0.206. The average Bonchev–Trinajstić information content (AvgIpc) is 3.07. The molecule has 0 unspecified atom stereocenters. The van der Waals surface area contributed by atoms with Gasteiger partial charge in [0.2, 0.25) is 0 Å². The van der Waals surface area contributed by atoms with Crippen molar-refractivity contribution in [3.05, 3.63) is 58.1 Å². The number of hydrogen-bond donors (Lipinski definition) is 2. The van der Waals surface area contributed by atoms with Crippen molar-refractivity contribution in [1.29, 1.82) is 0 Å². The number of hydrogen-bond acceptors (Lipinski definition) is 6. The van der Waals surface area contributed by atoms with Gasteiger partial charge in [-0.2, -0.15) is 0 Å². The standard InChI is InChI=1S/C29H38ClN3O5/c1-20-16-24(17-21(2)25(20)30)38-19-29(36)10-13-32(14-11-29)18-22-6-8-23(9-7-22)37-15-5-12-33-26(34)28(3,4)31-27(33)35/h6-9,16-17,36H,5,10-15,18-19H2,1-4H3,(H,31,35). The lowest BCUT2D eigenvalue weighted by molar-refractivity contribution is -0.130. The lowest BCUT2D eigenvalue weighted by Gasteiger charge is -2.38. The van der Waals surface area contributed by atoms with Gasteiger partial charge in [-0.25, -0.2) is 4.79 Å². The molecule has 0 aromatic heterocycles. The van der Waals surface area contributed by atoms with Crippen molar-refractivity contribution in [1.82, 2.24) is 15.1 Å². The lowest BCUT2D eigenvalue weighted by atomic mass is 9.92. The van der Waals surface area contributed by atoms with Gasteiger partial charge in [-0.15, -0.1) is 0 Å². The van der Waals surface area contributed by atoms with Gasteiger partial charge in [-0.1, -0.05) is 23.7 Å². The molecule has 2 aliphatic rings. The minimum atomic E-state index is -0.843. The van der Waals surface area contributed by atoms with E-state index in [1.165, 1.54) is 10.5 Å². The van der Waals surface area contributed by atoms with E-state index in [1.807, 2.05) is 50.2 Å². The number of carbonyl (C=O) groups is 2. The van der Waals surface area contributed by atoms with Crippen LogP contribution in [0, 0.1) is 13.8 Å². The van der Waals surface area contributed by atoms with Crippen molar-refractivity contribution in [3.8, 4) is 11.5 Å². The Kier molecular flexibility index (Phi) is 8.55. The maximum atomic E-state index is 12.2. The summed E-state index contributed by atoms with van der Waals surface area (Å²) < 4.78 is 11.7. The SMILES string of the molecule is Cc1cc(OCC2(O)CCN(Cc3ccc(OCCCN4C(=O)NC(C)(C)C4=O)cc3)CC2)cc(C)c1Cl. The Morgan fingerprint density at radius 3 is 2.21 bits per heavy atom. The third-order valence-electron chi connectivity index (χ3n) is 7.27. The summed E-state index contributed by atoms with van der Waals surface area (Å²) in [6, 6.07) is 11.4. The van der Waals surface area contributed by atoms with E-state index < -0.39 is 11.1 Å². The van der Waals surface area contributed by atoms with Crippen LogP contribution in [0.5, 0.6) is 11.5 Å². The highest BCUT2D eigenvalue weighted by Gasteiger charge is 2.43. The Morgan fingerprint density at radius 1 is 1.00 bits per heavy atom. The van der Waals surface area contributed by atoms with Crippen LogP contribution in [-0.2, 0) is 11.3 Å². The number of piperidine rings is 1. The normalized spacial score (nSPS) is 18.9. The van der Waals surface area contributed by atoms with E-state index in [-0.39, 0.29) is 18.5 Å². The molecule has 0 saturated carbocycles. The summed E-state index contributed by atoms with van der Waals surface area (Å²) in [5.41, 5.74) is 1.43. The van der Waals surface area contributed by atoms with E-state index in [1.54, 1.807) is 13.8 Å². The van der Waals surface area contributed by atoms with Gasteiger partial charge in [0.05, 0.1) is 6.61 Å². The second kappa shape index (κ2) is 11.5. The highest BCUT2D eigenvalue weighted by Crippen LogP contribution is 2.29. The fourth-order valence-electron chi connectivity index (χ4n) is 4.86. The van der Waals surface area contributed by atoms with Crippen molar-refractivity contribution < 1.29 is 24.2 Å². The van der Waals surface area contributed by atoms with Crippen molar-refractivity contribution in [2.45, 2.75) is 64.6 Å². The molecular formula is C29H38ClN3O5. The number of benzene rings is 2. The second-order valence-corrected chi connectivity index (χ2v) is 11.4. The molecule has 0 bridgehead atoms. The predicted octanol–water partition coefficient (Wildman–Crippen LogP) is 4.46. The van der Waals surface area contributed by atoms with E-state index >= 15 is 0 Å². The molecule has 0 spiro atoms. The molecular weight excluding hydrogens is 506 g/mol. The van der Waals surface area contributed by atoms with Crippen molar-refractivity contribution in [3.63, 3.8) is 0 Å². The van der Waals surface area contributed by atoms with Crippen LogP contribution >= 0.6 is 11.6 Å². The number of likely N-dealkylation sites (tertiary alicyclic amines) is 1. The third kappa shape index (κ3) is 6.79. The van der Waals surface area contributed by atoms with Gasteiger partial charge in [-0.3, -0.25) is 14.6 Å². The van der Waals surface area contributed by atoms with E-state index in [2.05, 4.69) is 10.2 Å². The molecule has 38 heavy (non-hydrogen) atoms. The summed E-state index contributed by atoms with van der Waals surface area (Å²) in [7, 11) is 0. The number of carbonyl (C=O) groups excluding carboxylic acids is 2. The molecule has 3 amide bonds. The second-order valence-electron chi connectivity index (χ2n) is 11.0. The van der Waals surface area contributed by atoms with Gasteiger partial charge in [0.25, 0.3) is 5.91 Å². The molecule has 9 heteroatoms. The summed E-state index contributed by atoms with van der Waals surface area (Å²) in [5.74, 6) is 1.29. The van der Waals surface area contributed by atoms with E-state index in [0.717, 1.165) is 47.3 Å². The first kappa shape index (κ1) is 28.2. The molecule has 2 fully saturated rings. The first-order valence-corrected chi connectivity index (χ1v) is 13.5. The van der Waals surface area contributed by atoms with Crippen molar-refractivity contribution in [2.75, 3.05) is 32.8 Å². The smallest absolute Gasteiger partial charge is 0.325 e. The number of amides is 3. The Balaban J connectivity index is 1.17. The van der Waals surface area contributed by atoms with Crippen molar-refractivity contribution >= 4 is 23.5 Å². The minimum Gasteiger partial charge on any atom is -0.494 e. The first-order valence-electron chi connectivity index (χ1n) is 13.2. The van der Waals surface area contributed by atoms with Gasteiger partial charge in [-0.05, 0) is 87.9 Å². The fourth-order valence-corrected chi connectivity index (χ4v) is 4.97. The molecule has 2 heterocycles. The molecule has 4 rings (SSSR count). The van der Waals surface area contributed by atoms with Crippen LogP contribution in [-0.4, -0.2) is 70.8 Å². The number of aryl methyl sites for hydroxylation is 2. The number of halogens is 1. The highest BCUT2D eigenvalue weighted by atomic mass is 35.5. The largest absolute Gasteiger partial charge is 0.494 e. The van der Waals surface area contributed by atoms with Crippen LogP contribution in [0.2, 0.25) is 5.02 Å². The number of imide groups is 1. The fraction of sp³-hybridized carbons (Fsp3) is 0.517. The number of aliphatic hydroxyl groups is 1. The summed E-state index contributed by atoms with van der Waals surface area (Å²) >= 11 is 6.24. The van der Waals surface area contributed by atoms with Crippen LogP contribution in [0.3, 0.4) is 0 Å². The third-order valence-corrected chi connectivity index (χ3v) is 7.87. The maximum absolute atomic E-state index is 12.2. The first-order chi connectivity index (χ1) is 18.0. The summed E-state index contributed by atoms with van der Waals surface area (Å²) in [6.45, 7) is 10.7. The van der Waals surface area contributed by atoms with E-state index in [9.17, 15) is 14.7 Å². The Labute approximate surface area is 229 Å². The monoisotopic (exact) mass is 543 g/mol. The number of urea groups is 1. The van der Waals surface area contributed by atoms with Crippen LogP contribution in [0.25, 0.3) is 0 Å². The molecule has 0 atom stereocenters. The number of nitrogens with zero attached hydrogens (tertiary/aromatic N) is 2. The Hall–Kier alpha value is -2.81. The zero-order valence-corrected chi connectivity index (χ0v) is 23.4. The van der Waals surface area contributed by atoms with Crippen molar-refractivity contribution in [2.24, 2.45) is 0 Å². The summed E-state index contributed by atoms with van der Waals surface area (Å²) in [6.07, 6.45) is 1.86. The summed E-state index contributed by atoms with van der Waals surface area (Å²) in [4.78, 5) is 27.8. The lowest BCUT2D eigenvalue weighted by Crippen LogP contribution is -2.47. The average molecular weight is 544 g/mol. The van der Waals surface area contributed by atoms with Gasteiger partial charge >= 0.3 is 6.03 Å². The van der Waals surface area contributed by atoms with Crippen LogP contribution < -0.4 is 14.8 Å². The quantitative estimate of drug-likeness (QED) is 0.339. The van der Waals surface area contributed by atoms with E-state index in [0.29, 0.717) is 32.4 Å². The van der Waals surface area contributed by atoms with Crippen LogP contribution in [0.15, 0.2) is 36.4 Å². The molecule has 2 aromatic carbocycles. The molecule has 0 radical (unpaired) electrons. The zero-order valence-electron chi connectivity index (χ0n) is 22.7. The topological polar surface area (TPSA) is 91.3 Å². The Bertz CT molecular complexity index is 1140. The van der Waals surface area contributed by atoms with Gasteiger partial charge < -0.3 is 19.9 Å². The molecule has 2 aromatic rings. The molecule has 2 N–H and O–H groups in total. The van der Waals surface area contributed by atoms with Crippen LogP contribution in [0.4, 0.5) is 4.79 Å². The van der Waals surface area contributed by atoms with Gasteiger partial charge in [0, 0.05) is 31.2 Å². The summed E-state index contributed by atoms with van der Waals surface area (Å²) in [5, 5.41) is 14.5. The van der Waals surface area contributed by atoms with Gasteiger partial charge in [0.1, 0.15) is 29.2 Å². The zero-order chi connectivity index (χ0) is 27.5. The van der Waals surface area contributed by atoms with Gasteiger partial charge in [0.15, 0.2) is 0 Å². The molecule has 2 aliphatic heterocycles. The number of ether oxygens (including phenoxy) is 2. The highest BCUT2D eigenvalue weighted by molar-refractivity contribution is 6.32. The Morgan fingerprint density at radius 2 is 1.63 bits per heavy atom. The number of nitrogens with one attached hydrogen (secondary N) is 1. The van der Waals surface area contributed by atoms with E-state index in [4.69, 9.17) is 21.1 Å².